The van der Waals surface area contributed by atoms with Crippen LogP contribution in [0.4, 0.5) is 17.1 Å². The van der Waals surface area contributed by atoms with Crippen molar-refractivity contribution in [2.24, 2.45) is 0 Å². The lowest BCUT2D eigenvalue weighted by Gasteiger charge is -2.28. The van der Waals surface area contributed by atoms with Gasteiger partial charge in [-0.05, 0) is 70.1 Å². The Labute approximate surface area is 293 Å². The van der Waals surface area contributed by atoms with E-state index < -0.39 is 0 Å². The van der Waals surface area contributed by atoms with Gasteiger partial charge < -0.3 is 9.32 Å². The van der Waals surface area contributed by atoms with Gasteiger partial charge in [0.1, 0.15) is 11.2 Å². The summed E-state index contributed by atoms with van der Waals surface area (Å²) < 4.78 is 9.12. The van der Waals surface area contributed by atoms with E-state index in [1.165, 1.54) is 58.8 Å². The molecule has 1 aliphatic rings. The maximum atomic E-state index is 6.48. The van der Waals surface area contributed by atoms with Gasteiger partial charge in [0.2, 0.25) is 0 Å². The molecule has 10 aromatic rings. The van der Waals surface area contributed by atoms with Crippen LogP contribution in [-0.2, 0) is 0 Å². The van der Waals surface area contributed by atoms with Gasteiger partial charge in [-0.3, -0.25) is 0 Å². The number of para-hydroxylation sites is 1. The molecule has 2 aromatic heterocycles. The van der Waals surface area contributed by atoms with E-state index in [1.54, 1.807) is 0 Å². The maximum absolute atomic E-state index is 6.48. The predicted molar refractivity (Wildman–Crippen MR) is 212 cm³/mol. The van der Waals surface area contributed by atoms with Crippen LogP contribution in [-0.4, -0.2) is 0 Å². The van der Waals surface area contributed by atoms with Crippen molar-refractivity contribution in [2.45, 2.75) is 5.92 Å². The molecule has 3 heteroatoms. The summed E-state index contributed by atoms with van der Waals surface area (Å²) in [6.07, 6.45) is 0. The second-order valence-corrected chi connectivity index (χ2v) is 14.3. The summed E-state index contributed by atoms with van der Waals surface area (Å²) in [7, 11) is 0. The zero-order valence-corrected chi connectivity index (χ0v) is 27.8. The first-order valence-corrected chi connectivity index (χ1v) is 17.9. The van der Waals surface area contributed by atoms with Gasteiger partial charge in [0, 0.05) is 65.3 Å². The molecule has 2 nitrogen and oxygen atoms in total. The fourth-order valence-electron chi connectivity index (χ4n) is 8.34. The second kappa shape index (κ2) is 10.7. The zero-order valence-electron chi connectivity index (χ0n) is 27.0. The number of nitrogens with zero attached hydrogens (tertiary/aromatic N) is 1. The molecule has 0 spiro atoms. The molecule has 8 aromatic carbocycles. The molecule has 1 atom stereocenters. The van der Waals surface area contributed by atoms with Crippen LogP contribution in [0.15, 0.2) is 174 Å². The Kier molecular flexibility index (Phi) is 5.92. The maximum Gasteiger partial charge on any atom is 0.137 e. The molecule has 0 fully saturated rings. The average molecular weight is 656 g/mol. The molecule has 1 aliphatic carbocycles. The van der Waals surface area contributed by atoms with Gasteiger partial charge in [-0.2, -0.15) is 0 Å². The summed E-state index contributed by atoms with van der Waals surface area (Å²) in [6, 6.07) is 62.0. The number of rotatable bonds is 4. The fourth-order valence-corrected chi connectivity index (χ4v) is 9.57. The summed E-state index contributed by atoms with van der Waals surface area (Å²) in [4.78, 5) is 2.45. The molecule has 2 heterocycles. The topological polar surface area (TPSA) is 16.4 Å². The van der Waals surface area contributed by atoms with Crippen LogP contribution in [0.5, 0.6) is 0 Å². The minimum Gasteiger partial charge on any atom is -0.456 e. The molecule has 0 aliphatic heterocycles. The van der Waals surface area contributed by atoms with E-state index in [0.29, 0.717) is 0 Å². The summed E-state index contributed by atoms with van der Waals surface area (Å²) in [5, 5.41) is 7.41. The minimum absolute atomic E-state index is 0.164. The summed E-state index contributed by atoms with van der Waals surface area (Å²) in [6.45, 7) is 0. The van der Waals surface area contributed by atoms with E-state index >= 15 is 0 Å². The second-order valence-electron chi connectivity index (χ2n) is 13.2. The molecule has 1 unspecified atom stereocenters. The third-order valence-corrected chi connectivity index (χ3v) is 11.7. The average Bonchev–Trinajstić information content (AvgIpc) is 3.85. The molecule has 0 amide bonds. The molecule has 0 saturated carbocycles. The van der Waals surface area contributed by atoms with E-state index in [-0.39, 0.29) is 5.92 Å². The van der Waals surface area contributed by atoms with Crippen molar-refractivity contribution in [3.63, 3.8) is 0 Å². The van der Waals surface area contributed by atoms with Crippen molar-refractivity contribution < 1.29 is 4.42 Å². The Bertz CT molecular complexity index is 2950. The Hall–Kier alpha value is -6.16. The largest absolute Gasteiger partial charge is 0.456 e. The lowest BCUT2D eigenvalue weighted by Crippen LogP contribution is -2.11. The smallest absolute Gasteiger partial charge is 0.137 e. The predicted octanol–water partition coefficient (Wildman–Crippen LogP) is 13.7. The van der Waals surface area contributed by atoms with Gasteiger partial charge in [0.25, 0.3) is 0 Å². The molecular formula is C47H29NOS. The van der Waals surface area contributed by atoms with Crippen LogP contribution >= 0.6 is 11.3 Å². The van der Waals surface area contributed by atoms with Crippen LogP contribution in [0.3, 0.4) is 0 Å². The monoisotopic (exact) mass is 655 g/mol. The molecule has 0 bridgehead atoms. The Morgan fingerprint density at radius 1 is 0.480 bits per heavy atom. The summed E-state index contributed by atoms with van der Waals surface area (Å²) >= 11 is 1.88. The number of thiophene rings is 1. The standard InChI is InChI=1S/C47H29NOS/c1-2-11-30(12-3-1)45-36-15-4-5-16-37(36)46-39(45)17-10-18-41(46)48(32-24-26-34-33-13-6-8-19-42(33)49-43(34)28-32)31-23-21-29-22-25-38-35-14-7-9-20-44(35)50-47(38)40(29)27-31/h1-28,45H. The van der Waals surface area contributed by atoms with Crippen LogP contribution in [0.1, 0.15) is 22.6 Å². The van der Waals surface area contributed by atoms with Crippen LogP contribution in [0, 0.1) is 0 Å². The summed E-state index contributed by atoms with van der Waals surface area (Å²) in [5.41, 5.74) is 11.7. The van der Waals surface area contributed by atoms with Crippen molar-refractivity contribution in [3.8, 4) is 11.1 Å². The molecule has 0 saturated heterocycles. The van der Waals surface area contributed by atoms with Gasteiger partial charge in [-0.25, -0.2) is 0 Å². The van der Waals surface area contributed by atoms with Crippen molar-refractivity contribution >= 4 is 81.3 Å². The number of anilines is 3. The van der Waals surface area contributed by atoms with Gasteiger partial charge in [-0.1, -0.05) is 121 Å². The molecule has 0 N–H and O–H groups in total. The first-order chi connectivity index (χ1) is 24.8. The lowest BCUT2D eigenvalue weighted by atomic mass is 9.89. The number of benzene rings is 8. The molecule has 234 valence electrons. The van der Waals surface area contributed by atoms with E-state index in [2.05, 4.69) is 169 Å². The highest BCUT2D eigenvalue weighted by Crippen LogP contribution is 2.54. The highest BCUT2D eigenvalue weighted by molar-refractivity contribution is 7.26. The molecule has 0 radical (unpaired) electrons. The number of hydrogen-bond acceptors (Lipinski definition) is 3. The van der Waals surface area contributed by atoms with Gasteiger partial charge >= 0.3 is 0 Å². The quantitative estimate of drug-likeness (QED) is 0.188. The first kappa shape index (κ1) is 27.8. The third-order valence-electron chi connectivity index (χ3n) is 10.5. The number of fused-ring (bicyclic) bond motifs is 11. The fraction of sp³-hybridized carbons (Fsp3) is 0.0213. The van der Waals surface area contributed by atoms with Crippen molar-refractivity contribution in [2.75, 3.05) is 4.90 Å². The van der Waals surface area contributed by atoms with Gasteiger partial charge in [0.05, 0.1) is 5.69 Å². The van der Waals surface area contributed by atoms with Gasteiger partial charge in [-0.15, -0.1) is 11.3 Å². The Morgan fingerprint density at radius 3 is 2.12 bits per heavy atom. The van der Waals surface area contributed by atoms with E-state index in [9.17, 15) is 0 Å². The highest BCUT2D eigenvalue weighted by atomic mass is 32.1. The van der Waals surface area contributed by atoms with E-state index in [0.717, 1.165) is 39.0 Å². The van der Waals surface area contributed by atoms with E-state index in [4.69, 9.17) is 4.42 Å². The molecule has 50 heavy (non-hydrogen) atoms. The third kappa shape index (κ3) is 4.01. The summed E-state index contributed by atoms with van der Waals surface area (Å²) in [5.74, 6) is 0.164. The first-order valence-electron chi connectivity index (χ1n) is 17.1. The normalized spacial score (nSPS) is 13.8. The Morgan fingerprint density at radius 2 is 1.18 bits per heavy atom. The zero-order chi connectivity index (χ0) is 32.8. The van der Waals surface area contributed by atoms with E-state index in [1.807, 2.05) is 17.4 Å². The SMILES string of the molecule is c1ccc(C2c3ccccc3-c3c2cccc3N(c2ccc3c(c2)oc2ccccc23)c2ccc3ccc4c5ccccc5sc4c3c2)cc1. The molecular weight excluding hydrogens is 627 g/mol. The lowest BCUT2D eigenvalue weighted by molar-refractivity contribution is 0.669. The molecule has 11 rings (SSSR count). The van der Waals surface area contributed by atoms with Crippen molar-refractivity contribution in [1.29, 1.82) is 0 Å². The van der Waals surface area contributed by atoms with Crippen LogP contribution in [0.2, 0.25) is 0 Å². The number of furan rings is 1. The Balaban J connectivity index is 1.20. The highest BCUT2D eigenvalue weighted by Gasteiger charge is 2.33. The van der Waals surface area contributed by atoms with Gasteiger partial charge in [0.15, 0.2) is 0 Å². The van der Waals surface area contributed by atoms with Crippen LogP contribution in [0.25, 0.3) is 64.0 Å². The minimum atomic E-state index is 0.164. The van der Waals surface area contributed by atoms with Crippen molar-refractivity contribution in [3.05, 3.63) is 187 Å². The van der Waals surface area contributed by atoms with Crippen molar-refractivity contribution in [1.82, 2.24) is 0 Å². The number of hydrogen-bond donors (Lipinski definition) is 0. The van der Waals surface area contributed by atoms with Crippen LogP contribution < -0.4 is 4.90 Å².